The lowest BCUT2D eigenvalue weighted by atomic mass is 10.4. The minimum absolute atomic E-state index is 0.771. The molecule has 1 N–H and O–H groups in total. The van der Waals surface area contributed by atoms with E-state index in [1.54, 1.807) is 6.08 Å². The normalized spacial score (nSPS) is 20.0. The van der Waals surface area contributed by atoms with Gasteiger partial charge < -0.3 is 5.11 Å². The van der Waals surface area contributed by atoms with Crippen LogP contribution in [0.15, 0.2) is 12.2 Å². The van der Waals surface area contributed by atoms with Gasteiger partial charge in [0.1, 0.15) is 0 Å². The van der Waals surface area contributed by atoms with Gasteiger partial charge in [0.15, 0.2) is 0 Å². The number of hydrogen-bond donors (Lipinski definition) is 1. The van der Waals surface area contributed by atoms with Gasteiger partial charge in [0.2, 0.25) is 0 Å². The summed E-state index contributed by atoms with van der Waals surface area (Å²) in [5.41, 5.74) is 0. The highest BCUT2D eigenvalue weighted by Crippen LogP contribution is 2.08. The van der Waals surface area contributed by atoms with Crippen molar-refractivity contribution in [2.75, 3.05) is 31.1 Å². The van der Waals surface area contributed by atoms with Crippen LogP contribution in [0.25, 0.3) is 0 Å². The molecule has 0 radical (unpaired) electrons. The Hall–Kier alpha value is -0.480. The predicted molar refractivity (Wildman–Crippen MR) is 50.5 cm³/mol. The van der Waals surface area contributed by atoms with Gasteiger partial charge in [-0.25, -0.2) is 4.79 Å². The molecule has 3 nitrogen and oxygen atoms in total. The average molecular weight is 187 g/mol. The van der Waals surface area contributed by atoms with Crippen LogP contribution in [0.4, 0.5) is 0 Å². The van der Waals surface area contributed by atoms with E-state index in [0.29, 0.717) is 0 Å². The van der Waals surface area contributed by atoms with Crippen molar-refractivity contribution in [2.45, 2.75) is 0 Å². The average Bonchev–Trinajstić information content (AvgIpc) is 2.05. The third-order valence-electron chi connectivity index (χ3n) is 1.73. The van der Waals surface area contributed by atoms with E-state index in [0.717, 1.165) is 19.6 Å². The minimum atomic E-state index is -0.860. The molecule has 0 aliphatic carbocycles. The van der Waals surface area contributed by atoms with Crippen LogP contribution in [0, 0.1) is 0 Å². The number of hydrogen-bond acceptors (Lipinski definition) is 3. The summed E-state index contributed by atoms with van der Waals surface area (Å²) in [4.78, 5) is 12.4. The molecule has 1 heterocycles. The first-order valence-corrected chi connectivity index (χ1v) is 5.14. The molecule has 0 spiro atoms. The maximum atomic E-state index is 10.1. The number of thioether (sulfide) groups is 1. The molecule has 0 saturated carbocycles. The van der Waals surface area contributed by atoms with Crippen molar-refractivity contribution in [3.63, 3.8) is 0 Å². The Bertz CT molecular complexity index is 176. The van der Waals surface area contributed by atoms with Crippen molar-refractivity contribution in [2.24, 2.45) is 0 Å². The summed E-state index contributed by atoms with van der Waals surface area (Å²) < 4.78 is 0. The summed E-state index contributed by atoms with van der Waals surface area (Å²) in [7, 11) is 0. The van der Waals surface area contributed by atoms with Gasteiger partial charge in [0.05, 0.1) is 0 Å². The van der Waals surface area contributed by atoms with Crippen LogP contribution < -0.4 is 0 Å². The molecule has 0 unspecified atom stereocenters. The molecule has 1 aliphatic heterocycles. The van der Waals surface area contributed by atoms with Crippen molar-refractivity contribution in [1.29, 1.82) is 0 Å². The van der Waals surface area contributed by atoms with E-state index in [1.807, 2.05) is 11.8 Å². The summed E-state index contributed by atoms with van der Waals surface area (Å²) in [6.07, 6.45) is 2.92. The molecule has 0 bridgehead atoms. The summed E-state index contributed by atoms with van der Waals surface area (Å²) in [5, 5.41) is 8.33. The summed E-state index contributed by atoms with van der Waals surface area (Å²) in [5.74, 6) is 1.48. The van der Waals surface area contributed by atoms with Crippen LogP contribution in [0.1, 0.15) is 0 Å². The number of carboxylic acid groups (broad SMARTS) is 1. The second-order valence-electron chi connectivity index (χ2n) is 2.65. The largest absolute Gasteiger partial charge is 0.478 e. The first kappa shape index (κ1) is 9.61. The van der Waals surface area contributed by atoms with Gasteiger partial charge in [-0.2, -0.15) is 11.8 Å². The van der Waals surface area contributed by atoms with Crippen LogP contribution in [-0.2, 0) is 4.79 Å². The van der Waals surface area contributed by atoms with Crippen molar-refractivity contribution in [1.82, 2.24) is 4.90 Å². The van der Waals surface area contributed by atoms with Gasteiger partial charge in [-0.1, -0.05) is 6.08 Å². The quantitative estimate of drug-likeness (QED) is 0.659. The lowest BCUT2D eigenvalue weighted by Crippen LogP contribution is -2.32. The zero-order chi connectivity index (χ0) is 8.81. The zero-order valence-electron chi connectivity index (χ0n) is 6.90. The molecular weight excluding hydrogens is 174 g/mol. The fourth-order valence-corrected chi connectivity index (χ4v) is 2.07. The third-order valence-corrected chi connectivity index (χ3v) is 2.67. The highest BCUT2D eigenvalue weighted by Gasteiger charge is 2.07. The number of nitrogens with zero attached hydrogens (tertiary/aromatic N) is 1. The van der Waals surface area contributed by atoms with Gasteiger partial charge in [-0.3, -0.25) is 4.90 Å². The first-order chi connectivity index (χ1) is 5.79. The molecule has 0 aromatic carbocycles. The molecule has 4 heteroatoms. The molecule has 1 saturated heterocycles. The van der Waals surface area contributed by atoms with E-state index in [-0.39, 0.29) is 0 Å². The van der Waals surface area contributed by atoms with E-state index in [4.69, 9.17) is 5.11 Å². The second kappa shape index (κ2) is 5.22. The van der Waals surface area contributed by atoms with Crippen molar-refractivity contribution in [3.8, 4) is 0 Å². The summed E-state index contributed by atoms with van der Waals surface area (Å²) >= 11 is 1.96. The molecule has 0 atom stereocenters. The maximum absolute atomic E-state index is 10.1. The third kappa shape index (κ3) is 3.78. The Balaban J connectivity index is 2.17. The Morgan fingerprint density at radius 3 is 2.75 bits per heavy atom. The number of carbonyl (C=O) groups is 1. The van der Waals surface area contributed by atoms with Crippen LogP contribution in [0.5, 0.6) is 0 Å². The van der Waals surface area contributed by atoms with Crippen LogP contribution in [0.3, 0.4) is 0 Å². The Morgan fingerprint density at radius 1 is 1.50 bits per heavy atom. The van der Waals surface area contributed by atoms with Crippen molar-refractivity contribution < 1.29 is 9.90 Å². The zero-order valence-corrected chi connectivity index (χ0v) is 7.72. The van der Waals surface area contributed by atoms with Crippen LogP contribution in [-0.4, -0.2) is 47.1 Å². The monoisotopic (exact) mass is 187 g/mol. The van der Waals surface area contributed by atoms with Gasteiger partial charge in [0.25, 0.3) is 0 Å². The smallest absolute Gasteiger partial charge is 0.328 e. The first-order valence-electron chi connectivity index (χ1n) is 3.98. The van der Waals surface area contributed by atoms with E-state index >= 15 is 0 Å². The molecule has 12 heavy (non-hydrogen) atoms. The van der Waals surface area contributed by atoms with Crippen LogP contribution in [0.2, 0.25) is 0 Å². The maximum Gasteiger partial charge on any atom is 0.328 e. The highest BCUT2D eigenvalue weighted by atomic mass is 32.2. The molecule has 1 aliphatic rings. The Kier molecular flexibility index (Phi) is 4.18. The van der Waals surface area contributed by atoms with Gasteiger partial charge >= 0.3 is 5.97 Å². The topological polar surface area (TPSA) is 40.5 Å². The van der Waals surface area contributed by atoms with Gasteiger partial charge in [-0.05, 0) is 0 Å². The van der Waals surface area contributed by atoms with E-state index in [2.05, 4.69) is 4.90 Å². The Morgan fingerprint density at radius 2 is 2.17 bits per heavy atom. The lowest BCUT2D eigenvalue weighted by molar-refractivity contribution is -0.131. The number of carboxylic acids is 1. The molecule has 68 valence electrons. The molecule has 0 aromatic rings. The SMILES string of the molecule is O=C(O)C=CCN1CCSCC1. The minimum Gasteiger partial charge on any atom is -0.478 e. The number of aliphatic carboxylic acids is 1. The molecule has 0 amide bonds. The van der Waals surface area contributed by atoms with Gasteiger partial charge in [-0.15, -0.1) is 0 Å². The van der Waals surface area contributed by atoms with E-state index in [9.17, 15) is 4.79 Å². The molecule has 1 fully saturated rings. The van der Waals surface area contributed by atoms with Gasteiger partial charge in [0, 0.05) is 37.2 Å². The highest BCUT2D eigenvalue weighted by molar-refractivity contribution is 7.99. The Labute approximate surface area is 76.4 Å². The molecule has 0 aromatic heterocycles. The van der Waals surface area contributed by atoms with Crippen LogP contribution >= 0.6 is 11.8 Å². The standard InChI is InChI=1S/C8H13NO2S/c10-8(11)2-1-3-9-4-6-12-7-5-9/h1-2H,3-7H2,(H,10,11). The lowest BCUT2D eigenvalue weighted by Gasteiger charge is -2.24. The second-order valence-corrected chi connectivity index (χ2v) is 3.88. The fraction of sp³-hybridized carbons (Fsp3) is 0.625. The summed E-state index contributed by atoms with van der Waals surface area (Å²) in [6.45, 7) is 2.93. The van der Waals surface area contributed by atoms with Crippen molar-refractivity contribution >= 4 is 17.7 Å². The molecular formula is C8H13NO2S. The van der Waals surface area contributed by atoms with Crippen molar-refractivity contribution in [3.05, 3.63) is 12.2 Å². The summed E-state index contributed by atoms with van der Waals surface area (Å²) in [6, 6.07) is 0. The number of rotatable bonds is 3. The molecule has 1 rings (SSSR count). The van der Waals surface area contributed by atoms with E-state index in [1.165, 1.54) is 17.6 Å². The predicted octanol–water partition coefficient (Wildman–Crippen LogP) is 0.676. The van der Waals surface area contributed by atoms with E-state index < -0.39 is 5.97 Å². The fourth-order valence-electron chi connectivity index (χ4n) is 1.09.